The molecular weight excluding hydrogens is 364 g/mol. The van der Waals surface area contributed by atoms with E-state index in [2.05, 4.69) is 36.6 Å². The van der Waals surface area contributed by atoms with Crippen molar-refractivity contribution < 1.29 is 15.0 Å². The number of carbonyl (C=O) groups excluding carboxylic acids is 1. The zero-order chi connectivity index (χ0) is 20.5. The van der Waals surface area contributed by atoms with Gasteiger partial charge in [-0.2, -0.15) is 0 Å². The Morgan fingerprint density at radius 1 is 1.10 bits per heavy atom. The molecule has 0 aromatic heterocycles. The number of aromatic hydroxyl groups is 1. The van der Waals surface area contributed by atoms with E-state index in [1.54, 1.807) is 6.07 Å². The fraction of sp³-hybridized carbons (Fsp3) is 0.458. The number of rotatable bonds is 6. The number of phenolic OH excluding ortho intramolecular Hbond substituents is 1. The molecule has 1 aliphatic heterocycles. The maximum absolute atomic E-state index is 11.8. The molecule has 5 heteroatoms. The van der Waals surface area contributed by atoms with Crippen molar-refractivity contribution in [1.82, 2.24) is 5.32 Å². The van der Waals surface area contributed by atoms with Crippen LogP contribution in [0.2, 0.25) is 0 Å². The molecule has 0 spiro atoms. The number of nitrogens with one attached hydrogen (secondary N) is 2. The summed E-state index contributed by atoms with van der Waals surface area (Å²) in [7, 11) is 0. The van der Waals surface area contributed by atoms with Gasteiger partial charge in [0, 0.05) is 12.5 Å². The molecule has 0 saturated carbocycles. The van der Waals surface area contributed by atoms with Crippen molar-refractivity contribution in [3.05, 3.63) is 57.6 Å². The SMILES string of the molecule is CCc1cc2c(cc1CC)CC(N[C@H](CO)c1ccc(O)c3c1CCC(=O)N3)C2. The zero-order valence-electron chi connectivity index (χ0n) is 17.2. The van der Waals surface area contributed by atoms with Gasteiger partial charge in [-0.1, -0.05) is 32.0 Å². The molecule has 5 nitrogen and oxygen atoms in total. The Balaban J connectivity index is 1.56. The molecule has 1 aliphatic carbocycles. The summed E-state index contributed by atoms with van der Waals surface area (Å²) in [6.45, 7) is 4.39. The first-order valence-electron chi connectivity index (χ1n) is 10.7. The van der Waals surface area contributed by atoms with Crippen molar-refractivity contribution in [2.75, 3.05) is 11.9 Å². The number of aliphatic hydroxyl groups excluding tert-OH is 1. The van der Waals surface area contributed by atoms with Gasteiger partial charge < -0.3 is 20.8 Å². The number of hydrogen-bond acceptors (Lipinski definition) is 4. The average molecular weight is 395 g/mol. The van der Waals surface area contributed by atoms with E-state index in [-0.39, 0.29) is 30.3 Å². The van der Waals surface area contributed by atoms with Crippen LogP contribution >= 0.6 is 0 Å². The molecule has 0 bridgehead atoms. The third-order valence-electron chi connectivity index (χ3n) is 6.40. The summed E-state index contributed by atoms with van der Waals surface area (Å²) in [6.07, 6.45) is 5.00. The van der Waals surface area contributed by atoms with E-state index < -0.39 is 0 Å². The molecule has 2 aromatic rings. The number of aryl methyl sites for hydroxylation is 2. The van der Waals surface area contributed by atoms with Crippen molar-refractivity contribution >= 4 is 11.6 Å². The molecular formula is C24H30N2O3. The van der Waals surface area contributed by atoms with Crippen LogP contribution in [0.25, 0.3) is 0 Å². The maximum atomic E-state index is 11.8. The minimum Gasteiger partial charge on any atom is -0.506 e. The highest BCUT2D eigenvalue weighted by Crippen LogP contribution is 2.37. The highest BCUT2D eigenvalue weighted by molar-refractivity contribution is 5.96. The van der Waals surface area contributed by atoms with Crippen molar-refractivity contribution in [1.29, 1.82) is 0 Å². The van der Waals surface area contributed by atoms with E-state index >= 15 is 0 Å². The minimum absolute atomic E-state index is 0.0293. The topological polar surface area (TPSA) is 81.6 Å². The van der Waals surface area contributed by atoms with Crippen LogP contribution in [0, 0.1) is 0 Å². The molecule has 29 heavy (non-hydrogen) atoms. The van der Waals surface area contributed by atoms with Crippen LogP contribution in [0.1, 0.15) is 59.7 Å². The van der Waals surface area contributed by atoms with Crippen molar-refractivity contribution in [2.24, 2.45) is 0 Å². The lowest BCUT2D eigenvalue weighted by Gasteiger charge is -2.27. The second-order valence-corrected chi connectivity index (χ2v) is 8.18. The first-order valence-corrected chi connectivity index (χ1v) is 10.7. The van der Waals surface area contributed by atoms with E-state index in [0.717, 1.165) is 36.8 Å². The lowest BCUT2D eigenvalue weighted by molar-refractivity contribution is -0.116. The Hall–Kier alpha value is -2.37. The van der Waals surface area contributed by atoms with Crippen molar-refractivity contribution in [3.8, 4) is 5.75 Å². The van der Waals surface area contributed by atoms with E-state index in [1.807, 2.05) is 6.07 Å². The van der Waals surface area contributed by atoms with Crippen LogP contribution in [0.4, 0.5) is 5.69 Å². The van der Waals surface area contributed by atoms with Gasteiger partial charge >= 0.3 is 0 Å². The van der Waals surface area contributed by atoms with Crippen molar-refractivity contribution in [3.63, 3.8) is 0 Å². The van der Waals surface area contributed by atoms with Crippen molar-refractivity contribution in [2.45, 2.75) is 64.5 Å². The number of hydrogen-bond donors (Lipinski definition) is 4. The van der Waals surface area contributed by atoms with Crippen LogP contribution in [0.3, 0.4) is 0 Å². The van der Waals surface area contributed by atoms with Gasteiger partial charge in [-0.15, -0.1) is 0 Å². The Labute approximate surface area is 172 Å². The zero-order valence-corrected chi connectivity index (χ0v) is 17.2. The number of amides is 1. The Bertz CT molecular complexity index is 905. The summed E-state index contributed by atoms with van der Waals surface area (Å²) in [6, 6.07) is 8.24. The predicted molar refractivity (Wildman–Crippen MR) is 114 cm³/mol. The molecule has 4 rings (SSSR count). The molecule has 1 amide bonds. The summed E-state index contributed by atoms with van der Waals surface area (Å²) in [5.41, 5.74) is 8.08. The smallest absolute Gasteiger partial charge is 0.224 e. The highest BCUT2D eigenvalue weighted by Gasteiger charge is 2.28. The number of aliphatic hydroxyl groups is 1. The van der Waals surface area contributed by atoms with Crippen LogP contribution in [0.5, 0.6) is 5.75 Å². The second-order valence-electron chi connectivity index (χ2n) is 8.18. The first kappa shape index (κ1) is 19.9. The van der Waals surface area contributed by atoms with Gasteiger partial charge in [-0.3, -0.25) is 4.79 Å². The van der Waals surface area contributed by atoms with Gasteiger partial charge in [0.2, 0.25) is 5.91 Å². The van der Waals surface area contributed by atoms with Gasteiger partial charge in [0.1, 0.15) is 5.75 Å². The number of fused-ring (bicyclic) bond motifs is 2. The Morgan fingerprint density at radius 2 is 1.76 bits per heavy atom. The summed E-state index contributed by atoms with van der Waals surface area (Å²) < 4.78 is 0. The lowest BCUT2D eigenvalue weighted by Crippen LogP contribution is -2.36. The summed E-state index contributed by atoms with van der Waals surface area (Å²) in [4.78, 5) is 11.8. The van der Waals surface area contributed by atoms with E-state index in [4.69, 9.17) is 0 Å². The maximum Gasteiger partial charge on any atom is 0.224 e. The van der Waals surface area contributed by atoms with Gasteiger partial charge in [-0.05, 0) is 71.6 Å². The van der Waals surface area contributed by atoms with Gasteiger partial charge in [0.15, 0.2) is 0 Å². The van der Waals surface area contributed by atoms with Gasteiger partial charge in [0.05, 0.1) is 18.3 Å². The minimum atomic E-state index is -0.227. The molecule has 0 radical (unpaired) electrons. The second kappa shape index (κ2) is 8.17. The third kappa shape index (κ3) is 3.77. The Kier molecular flexibility index (Phi) is 5.61. The van der Waals surface area contributed by atoms with E-state index in [9.17, 15) is 15.0 Å². The Morgan fingerprint density at radius 3 is 2.34 bits per heavy atom. The molecule has 0 fully saturated rings. The van der Waals surface area contributed by atoms with Crippen LogP contribution in [-0.2, 0) is 36.9 Å². The normalized spacial score (nSPS) is 17.0. The summed E-state index contributed by atoms with van der Waals surface area (Å²) >= 11 is 0. The van der Waals surface area contributed by atoms with Gasteiger partial charge in [0.25, 0.3) is 0 Å². The number of anilines is 1. The monoisotopic (exact) mass is 394 g/mol. The molecule has 0 unspecified atom stereocenters. The molecule has 4 N–H and O–H groups in total. The highest BCUT2D eigenvalue weighted by atomic mass is 16.3. The fourth-order valence-corrected chi connectivity index (χ4v) is 4.90. The molecule has 1 heterocycles. The fourth-order valence-electron chi connectivity index (χ4n) is 4.90. The number of carbonyl (C=O) groups is 1. The largest absolute Gasteiger partial charge is 0.506 e. The molecule has 2 aromatic carbocycles. The van der Waals surface area contributed by atoms with E-state index in [1.165, 1.54) is 22.3 Å². The third-order valence-corrected chi connectivity index (χ3v) is 6.40. The van der Waals surface area contributed by atoms with E-state index in [0.29, 0.717) is 18.5 Å². The molecule has 154 valence electrons. The molecule has 1 atom stereocenters. The lowest BCUT2D eigenvalue weighted by atomic mass is 9.92. The molecule has 2 aliphatic rings. The van der Waals surface area contributed by atoms with Gasteiger partial charge in [-0.25, -0.2) is 0 Å². The van der Waals surface area contributed by atoms with Crippen LogP contribution < -0.4 is 10.6 Å². The standard InChI is InChI=1S/C24H30N2O3/c1-3-14-9-16-11-18(12-17(16)10-15(14)4-2)25-21(13-27)19-5-7-22(28)24-20(19)6-8-23(29)26-24/h5,7,9-10,18,21,25,27-28H,3-4,6,8,11-13H2,1-2H3,(H,26,29)/t21-/m1/s1. The summed E-state index contributed by atoms with van der Waals surface area (Å²) in [5.74, 6) is 0.00380. The van der Waals surface area contributed by atoms with Crippen LogP contribution in [0.15, 0.2) is 24.3 Å². The average Bonchev–Trinajstić information content (AvgIpc) is 3.13. The number of phenols is 1. The number of benzene rings is 2. The van der Waals surface area contributed by atoms with Crippen LogP contribution in [-0.4, -0.2) is 28.8 Å². The summed E-state index contributed by atoms with van der Waals surface area (Å²) in [5, 5.41) is 26.7. The molecule has 0 saturated heterocycles. The predicted octanol–water partition coefficient (Wildman–Crippen LogP) is 3.19. The quantitative estimate of drug-likeness (QED) is 0.567. The first-order chi connectivity index (χ1) is 14.0.